The van der Waals surface area contributed by atoms with E-state index in [-0.39, 0.29) is 11.8 Å². The van der Waals surface area contributed by atoms with Crippen LogP contribution in [0.1, 0.15) is 38.6 Å². The standard InChI is InChI=1S/C24H25Cl2N5O4/c1-24(2,3)34-23(33)31-9-8-16(13-31)22(32)28-19-7-5-15(12-27-19)21-29-20(35-30-21)11-14-4-6-17(25)18(26)10-14/h4-7,10,12,16H,8-9,11,13H2,1-3H3,(H,27,28,32)/t16-/m0/s1. The monoisotopic (exact) mass is 517 g/mol. The molecule has 0 bridgehead atoms. The van der Waals surface area contributed by atoms with E-state index in [1.807, 2.05) is 26.8 Å². The van der Waals surface area contributed by atoms with Gasteiger partial charge in [0.25, 0.3) is 0 Å². The second-order valence-corrected chi connectivity index (χ2v) is 10.1. The number of hydrogen-bond acceptors (Lipinski definition) is 7. The smallest absolute Gasteiger partial charge is 0.410 e. The number of carbonyl (C=O) groups excluding carboxylic acids is 2. The van der Waals surface area contributed by atoms with Crippen LogP contribution in [0.15, 0.2) is 41.1 Å². The molecular weight excluding hydrogens is 493 g/mol. The lowest BCUT2D eigenvalue weighted by Gasteiger charge is -2.24. The fraction of sp³-hybridized carbons (Fsp3) is 0.375. The van der Waals surface area contributed by atoms with Gasteiger partial charge in [-0.1, -0.05) is 34.4 Å². The van der Waals surface area contributed by atoms with Crippen LogP contribution in [-0.2, 0) is 16.0 Å². The van der Waals surface area contributed by atoms with Gasteiger partial charge in [0, 0.05) is 24.8 Å². The Hall–Kier alpha value is -3.17. The van der Waals surface area contributed by atoms with E-state index in [0.717, 1.165) is 5.56 Å². The highest BCUT2D eigenvalue weighted by Gasteiger charge is 2.33. The molecule has 1 fully saturated rings. The first-order valence-electron chi connectivity index (χ1n) is 11.1. The molecule has 9 nitrogen and oxygen atoms in total. The first-order valence-corrected chi connectivity index (χ1v) is 11.8. The minimum atomic E-state index is -0.577. The van der Waals surface area contributed by atoms with Crippen LogP contribution in [0.3, 0.4) is 0 Å². The first-order chi connectivity index (χ1) is 16.6. The lowest BCUT2D eigenvalue weighted by molar-refractivity contribution is -0.119. The van der Waals surface area contributed by atoms with Gasteiger partial charge in [0.15, 0.2) is 0 Å². The van der Waals surface area contributed by atoms with Gasteiger partial charge in [-0.05, 0) is 57.0 Å². The zero-order chi connectivity index (χ0) is 25.2. The van der Waals surface area contributed by atoms with E-state index in [9.17, 15) is 9.59 Å². The van der Waals surface area contributed by atoms with Crippen molar-refractivity contribution < 1.29 is 18.8 Å². The van der Waals surface area contributed by atoms with Crippen LogP contribution in [-0.4, -0.2) is 50.7 Å². The molecule has 35 heavy (non-hydrogen) atoms. The third-order valence-corrected chi connectivity index (χ3v) is 6.03. The summed E-state index contributed by atoms with van der Waals surface area (Å²) in [4.78, 5) is 35.1. The molecule has 1 aliphatic heterocycles. The molecule has 3 heterocycles. The summed E-state index contributed by atoms with van der Waals surface area (Å²) in [5.74, 6) is 0.680. The maximum atomic E-state index is 12.7. The van der Waals surface area contributed by atoms with E-state index in [0.29, 0.717) is 59.1 Å². The Morgan fingerprint density at radius 3 is 2.69 bits per heavy atom. The van der Waals surface area contributed by atoms with Gasteiger partial charge < -0.3 is 19.5 Å². The average Bonchev–Trinajstić information content (AvgIpc) is 3.46. The summed E-state index contributed by atoms with van der Waals surface area (Å²) in [6.07, 6.45) is 2.13. The number of hydrogen-bond donors (Lipinski definition) is 1. The molecule has 2 aromatic heterocycles. The fourth-order valence-corrected chi connectivity index (χ4v) is 3.88. The molecule has 3 aromatic rings. The number of ether oxygens (including phenoxy) is 1. The molecule has 1 aromatic carbocycles. The van der Waals surface area contributed by atoms with Crippen molar-refractivity contribution in [2.24, 2.45) is 5.92 Å². The quantitative estimate of drug-likeness (QED) is 0.493. The number of rotatable bonds is 5. The summed E-state index contributed by atoms with van der Waals surface area (Å²) in [5, 5.41) is 7.75. The molecule has 0 unspecified atom stereocenters. The van der Waals surface area contributed by atoms with Gasteiger partial charge in [0.05, 0.1) is 22.4 Å². The van der Waals surface area contributed by atoms with Crippen LogP contribution < -0.4 is 5.32 Å². The maximum Gasteiger partial charge on any atom is 0.410 e. The van der Waals surface area contributed by atoms with Crippen molar-refractivity contribution in [1.82, 2.24) is 20.0 Å². The zero-order valence-corrected chi connectivity index (χ0v) is 21.1. The van der Waals surface area contributed by atoms with Gasteiger partial charge in [-0.15, -0.1) is 0 Å². The molecule has 0 spiro atoms. The number of aromatic nitrogens is 3. The topological polar surface area (TPSA) is 110 Å². The molecule has 1 atom stereocenters. The number of pyridine rings is 1. The van der Waals surface area contributed by atoms with Gasteiger partial charge in [-0.25, -0.2) is 9.78 Å². The molecule has 4 rings (SSSR count). The van der Waals surface area contributed by atoms with Crippen LogP contribution in [0.2, 0.25) is 10.0 Å². The highest BCUT2D eigenvalue weighted by molar-refractivity contribution is 6.42. The van der Waals surface area contributed by atoms with Crippen LogP contribution in [0.4, 0.5) is 10.6 Å². The minimum Gasteiger partial charge on any atom is -0.444 e. The highest BCUT2D eigenvalue weighted by Crippen LogP contribution is 2.25. The summed E-state index contributed by atoms with van der Waals surface area (Å²) >= 11 is 12.0. The normalized spacial score (nSPS) is 15.8. The van der Waals surface area contributed by atoms with Crippen molar-refractivity contribution in [3.05, 3.63) is 58.0 Å². The molecule has 1 aliphatic rings. The molecule has 184 valence electrons. The maximum absolute atomic E-state index is 12.7. The van der Waals surface area contributed by atoms with Crippen LogP contribution in [0.25, 0.3) is 11.4 Å². The Kier molecular flexibility index (Phi) is 7.28. The number of halogens is 2. The van der Waals surface area contributed by atoms with Crippen molar-refractivity contribution >= 4 is 41.0 Å². The Bertz CT molecular complexity index is 1220. The summed E-state index contributed by atoms with van der Waals surface area (Å²) in [7, 11) is 0. The number of anilines is 1. The lowest BCUT2D eigenvalue weighted by atomic mass is 10.1. The summed E-state index contributed by atoms with van der Waals surface area (Å²) in [6.45, 7) is 6.22. The SMILES string of the molecule is CC(C)(C)OC(=O)N1CC[C@H](C(=O)Nc2ccc(-c3noc(Cc4ccc(Cl)c(Cl)c4)n3)cn2)C1. The molecule has 2 amide bonds. The first kappa shape index (κ1) is 24.9. The van der Waals surface area contributed by atoms with E-state index in [1.54, 1.807) is 35.4 Å². The minimum absolute atomic E-state index is 0.195. The van der Waals surface area contributed by atoms with E-state index in [2.05, 4.69) is 20.4 Å². The number of nitrogens with one attached hydrogen (secondary N) is 1. The Morgan fingerprint density at radius 2 is 2.00 bits per heavy atom. The molecule has 1 N–H and O–H groups in total. The summed E-state index contributed by atoms with van der Waals surface area (Å²) in [5.41, 5.74) is 0.957. The van der Waals surface area contributed by atoms with Crippen molar-refractivity contribution in [1.29, 1.82) is 0 Å². The van der Waals surface area contributed by atoms with Crippen LogP contribution in [0, 0.1) is 5.92 Å². The van der Waals surface area contributed by atoms with Gasteiger partial charge in [0.2, 0.25) is 17.6 Å². The van der Waals surface area contributed by atoms with E-state index >= 15 is 0 Å². The second-order valence-electron chi connectivity index (χ2n) is 9.27. The fourth-order valence-electron chi connectivity index (χ4n) is 3.56. The van der Waals surface area contributed by atoms with Gasteiger partial charge in [-0.3, -0.25) is 4.79 Å². The predicted octanol–water partition coefficient (Wildman–Crippen LogP) is 5.22. The Labute approximate surface area is 212 Å². The predicted molar refractivity (Wildman–Crippen MR) is 131 cm³/mol. The summed E-state index contributed by atoms with van der Waals surface area (Å²) in [6, 6.07) is 8.73. The van der Waals surface area contributed by atoms with Gasteiger partial charge in [0.1, 0.15) is 11.4 Å². The van der Waals surface area contributed by atoms with E-state index in [1.165, 1.54) is 0 Å². The number of carbonyl (C=O) groups is 2. The number of amides is 2. The number of benzene rings is 1. The molecule has 1 saturated heterocycles. The van der Waals surface area contributed by atoms with Gasteiger partial charge in [-0.2, -0.15) is 4.98 Å². The number of likely N-dealkylation sites (tertiary alicyclic amines) is 1. The second kappa shape index (κ2) is 10.2. The molecule has 0 radical (unpaired) electrons. The third kappa shape index (κ3) is 6.49. The van der Waals surface area contributed by atoms with Crippen LogP contribution in [0.5, 0.6) is 0 Å². The molecule has 0 saturated carbocycles. The van der Waals surface area contributed by atoms with Crippen molar-refractivity contribution in [3.8, 4) is 11.4 Å². The molecular formula is C24H25Cl2N5O4. The average molecular weight is 518 g/mol. The van der Waals surface area contributed by atoms with E-state index < -0.39 is 11.7 Å². The van der Waals surface area contributed by atoms with Crippen molar-refractivity contribution in [2.45, 2.75) is 39.2 Å². The Balaban J connectivity index is 1.33. The number of nitrogens with zero attached hydrogens (tertiary/aromatic N) is 4. The highest BCUT2D eigenvalue weighted by atomic mass is 35.5. The van der Waals surface area contributed by atoms with E-state index in [4.69, 9.17) is 32.5 Å². The van der Waals surface area contributed by atoms with Gasteiger partial charge >= 0.3 is 6.09 Å². The summed E-state index contributed by atoms with van der Waals surface area (Å²) < 4.78 is 10.7. The lowest BCUT2D eigenvalue weighted by Crippen LogP contribution is -2.36. The van der Waals surface area contributed by atoms with Crippen LogP contribution >= 0.6 is 23.2 Å². The molecule has 0 aliphatic carbocycles. The zero-order valence-electron chi connectivity index (χ0n) is 19.5. The third-order valence-electron chi connectivity index (χ3n) is 5.29. The molecule has 11 heteroatoms. The Morgan fingerprint density at radius 1 is 1.20 bits per heavy atom. The largest absolute Gasteiger partial charge is 0.444 e. The van der Waals surface area contributed by atoms with Crippen molar-refractivity contribution in [3.63, 3.8) is 0 Å². The van der Waals surface area contributed by atoms with Crippen molar-refractivity contribution in [2.75, 3.05) is 18.4 Å².